The molecule has 0 radical (unpaired) electrons. The van der Waals surface area contributed by atoms with Gasteiger partial charge in [0.05, 0.1) is 5.52 Å². The summed E-state index contributed by atoms with van der Waals surface area (Å²) in [5.41, 5.74) is 3.51. The summed E-state index contributed by atoms with van der Waals surface area (Å²) in [5, 5.41) is 1.26. The fraction of sp³-hybridized carbons (Fsp3) is 0.438. The first-order valence-corrected chi connectivity index (χ1v) is 7.75. The predicted molar refractivity (Wildman–Crippen MR) is 84.8 cm³/mol. The molecule has 1 aliphatic rings. The Morgan fingerprint density at radius 1 is 1.26 bits per heavy atom. The molecule has 0 unspecified atom stereocenters. The van der Waals surface area contributed by atoms with Crippen LogP contribution in [-0.2, 0) is 0 Å². The second-order valence-electron chi connectivity index (χ2n) is 5.59. The van der Waals surface area contributed by atoms with Gasteiger partial charge in [-0.3, -0.25) is 4.98 Å². The fourth-order valence-electron chi connectivity index (χ4n) is 2.83. The Labute approximate surface area is 123 Å². The van der Waals surface area contributed by atoms with Crippen LogP contribution < -0.4 is 4.90 Å². The van der Waals surface area contributed by atoms with Crippen LogP contribution in [0.1, 0.15) is 25.5 Å². The highest BCUT2D eigenvalue weighted by molar-refractivity contribution is 9.10. The standard InChI is InChI=1S/C16H19BrN2/c1-11-6-8-19(9-7-11)15-10-12(2)18-16-13(15)4-3-5-14(16)17/h3-5,10-11H,6-9H2,1-2H3. The van der Waals surface area contributed by atoms with Gasteiger partial charge in [0.2, 0.25) is 0 Å². The van der Waals surface area contributed by atoms with Crippen molar-refractivity contribution in [3.05, 3.63) is 34.4 Å². The van der Waals surface area contributed by atoms with Crippen LogP contribution in [0.3, 0.4) is 0 Å². The highest BCUT2D eigenvalue weighted by atomic mass is 79.9. The zero-order valence-electron chi connectivity index (χ0n) is 11.5. The van der Waals surface area contributed by atoms with Gasteiger partial charge in [-0.15, -0.1) is 0 Å². The van der Waals surface area contributed by atoms with E-state index in [-0.39, 0.29) is 0 Å². The van der Waals surface area contributed by atoms with Crippen LogP contribution in [0.4, 0.5) is 5.69 Å². The molecule has 1 saturated heterocycles. The number of fused-ring (bicyclic) bond motifs is 1. The van der Waals surface area contributed by atoms with Crippen LogP contribution in [0.5, 0.6) is 0 Å². The topological polar surface area (TPSA) is 16.1 Å². The molecule has 3 rings (SSSR count). The van der Waals surface area contributed by atoms with E-state index in [4.69, 9.17) is 0 Å². The van der Waals surface area contributed by atoms with Crippen molar-refractivity contribution >= 4 is 32.5 Å². The van der Waals surface area contributed by atoms with Crippen LogP contribution >= 0.6 is 15.9 Å². The van der Waals surface area contributed by atoms with Gasteiger partial charge in [0.25, 0.3) is 0 Å². The number of anilines is 1. The van der Waals surface area contributed by atoms with Crippen molar-refractivity contribution in [3.63, 3.8) is 0 Å². The Hall–Kier alpha value is -1.09. The van der Waals surface area contributed by atoms with Gasteiger partial charge in [-0.25, -0.2) is 0 Å². The molecule has 0 saturated carbocycles. The van der Waals surface area contributed by atoms with Crippen molar-refractivity contribution < 1.29 is 0 Å². The maximum Gasteiger partial charge on any atom is 0.0867 e. The van der Waals surface area contributed by atoms with Gasteiger partial charge in [0, 0.05) is 34.3 Å². The number of pyridine rings is 1. The van der Waals surface area contributed by atoms with Gasteiger partial charge >= 0.3 is 0 Å². The molecular weight excluding hydrogens is 300 g/mol. The summed E-state index contributed by atoms with van der Waals surface area (Å²) >= 11 is 3.62. The number of hydrogen-bond acceptors (Lipinski definition) is 2. The van der Waals surface area contributed by atoms with E-state index in [0.29, 0.717) is 0 Å². The van der Waals surface area contributed by atoms with E-state index in [2.05, 4.69) is 63.9 Å². The maximum atomic E-state index is 4.67. The Balaban J connectivity index is 2.10. The molecule has 0 aliphatic carbocycles. The van der Waals surface area contributed by atoms with Gasteiger partial charge in [-0.05, 0) is 53.7 Å². The number of hydrogen-bond donors (Lipinski definition) is 0. The molecule has 0 atom stereocenters. The molecule has 0 bridgehead atoms. The Morgan fingerprint density at radius 3 is 2.74 bits per heavy atom. The predicted octanol–water partition coefficient (Wildman–Crippen LogP) is 4.54. The summed E-state index contributed by atoms with van der Waals surface area (Å²) in [4.78, 5) is 7.19. The minimum absolute atomic E-state index is 0.859. The molecule has 2 nitrogen and oxygen atoms in total. The number of aromatic nitrogens is 1. The van der Waals surface area contributed by atoms with E-state index in [9.17, 15) is 0 Å². The summed E-state index contributed by atoms with van der Waals surface area (Å²) in [6, 6.07) is 8.57. The average Bonchev–Trinajstić information content (AvgIpc) is 2.40. The molecule has 100 valence electrons. The summed E-state index contributed by atoms with van der Waals surface area (Å²) in [6.45, 7) is 6.75. The van der Waals surface area contributed by atoms with Crippen LogP contribution in [0.15, 0.2) is 28.7 Å². The summed E-state index contributed by atoms with van der Waals surface area (Å²) < 4.78 is 1.08. The lowest BCUT2D eigenvalue weighted by Crippen LogP contribution is -2.33. The Bertz CT molecular complexity index is 601. The summed E-state index contributed by atoms with van der Waals surface area (Å²) in [7, 11) is 0. The van der Waals surface area contributed by atoms with Gasteiger partial charge in [0.1, 0.15) is 0 Å². The number of benzene rings is 1. The minimum Gasteiger partial charge on any atom is -0.371 e. The molecule has 0 amide bonds. The molecule has 19 heavy (non-hydrogen) atoms. The lowest BCUT2D eigenvalue weighted by molar-refractivity contribution is 0.439. The van der Waals surface area contributed by atoms with Crippen molar-refractivity contribution in [2.24, 2.45) is 5.92 Å². The number of para-hydroxylation sites is 1. The first kappa shape index (κ1) is 12.9. The zero-order valence-corrected chi connectivity index (χ0v) is 13.1. The van der Waals surface area contributed by atoms with Crippen molar-refractivity contribution in [3.8, 4) is 0 Å². The average molecular weight is 319 g/mol. The normalized spacial score (nSPS) is 17.1. The third-order valence-electron chi connectivity index (χ3n) is 4.02. The molecule has 1 fully saturated rings. The molecule has 1 aromatic heterocycles. The van der Waals surface area contributed by atoms with E-state index in [1.165, 1.54) is 23.9 Å². The van der Waals surface area contributed by atoms with Gasteiger partial charge in [0.15, 0.2) is 0 Å². The van der Waals surface area contributed by atoms with Crippen LogP contribution in [0, 0.1) is 12.8 Å². The largest absolute Gasteiger partial charge is 0.371 e. The van der Waals surface area contributed by atoms with Crippen LogP contribution in [0.2, 0.25) is 0 Å². The fourth-order valence-corrected chi connectivity index (χ4v) is 3.29. The molecule has 0 N–H and O–H groups in total. The third kappa shape index (κ3) is 2.48. The third-order valence-corrected chi connectivity index (χ3v) is 4.66. The van der Waals surface area contributed by atoms with Crippen molar-refractivity contribution in [1.29, 1.82) is 0 Å². The number of aryl methyl sites for hydroxylation is 1. The van der Waals surface area contributed by atoms with E-state index >= 15 is 0 Å². The van der Waals surface area contributed by atoms with Crippen molar-refractivity contribution in [1.82, 2.24) is 4.98 Å². The molecular formula is C16H19BrN2. The lowest BCUT2D eigenvalue weighted by atomic mass is 9.98. The first-order chi connectivity index (χ1) is 9.15. The summed E-state index contributed by atoms with van der Waals surface area (Å²) in [5.74, 6) is 0.859. The molecule has 2 heterocycles. The van der Waals surface area contributed by atoms with E-state index < -0.39 is 0 Å². The van der Waals surface area contributed by atoms with Crippen LogP contribution in [0.25, 0.3) is 10.9 Å². The lowest BCUT2D eigenvalue weighted by Gasteiger charge is -2.33. The van der Waals surface area contributed by atoms with Crippen molar-refractivity contribution in [2.45, 2.75) is 26.7 Å². The highest BCUT2D eigenvalue weighted by Crippen LogP contribution is 2.33. The number of piperidine rings is 1. The molecule has 0 spiro atoms. The monoisotopic (exact) mass is 318 g/mol. The zero-order chi connectivity index (χ0) is 13.4. The second-order valence-corrected chi connectivity index (χ2v) is 6.44. The van der Waals surface area contributed by atoms with E-state index in [1.807, 2.05) is 0 Å². The van der Waals surface area contributed by atoms with E-state index in [0.717, 1.165) is 34.7 Å². The first-order valence-electron chi connectivity index (χ1n) is 6.96. The maximum absolute atomic E-state index is 4.67. The molecule has 2 aromatic rings. The Morgan fingerprint density at radius 2 is 2.00 bits per heavy atom. The number of nitrogens with zero attached hydrogens (tertiary/aromatic N) is 2. The second kappa shape index (κ2) is 5.12. The van der Waals surface area contributed by atoms with Gasteiger partial charge in [-0.1, -0.05) is 19.1 Å². The van der Waals surface area contributed by atoms with Gasteiger partial charge < -0.3 is 4.90 Å². The molecule has 1 aromatic carbocycles. The number of rotatable bonds is 1. The van der Waals surface area contributed by atoms with Gasteiger partial charge in [-0.2, -0.15) is 0 Å². The minimum atomic E-state index is 0.859. The van der Waals surface area contributed by atoms with E-state index in [1.54, 1.807) is 0 Å². The quantitative estimate of drug-likeness (QED) is 0.767. The highest BCUT2D eigenvalue weighted by Gasteiger charge is 2.18. The Kier molecular flexibility index (Phi) is 3.48. The summed E-state index contributed by atoms with van der Waals surface area (Å²) in [6.07, 6.45) is 2.58. The SMILES string of the molecule is Cc1cc(N2CCC(C)CC2)c2cccc(Br)c2n1. The number of halogens is 1. The molecule has 3 heteroatoms. The smallest absolute Gasteiger partial charge is 0.0867 e. The van der Waals surface area contributed by atoms with Crippen molar-refractivity contribution in [2.75, 3.05) is 18.0 Å². The molecule has 1 aliphatic heterocycles. The van der Waals surface area contributed by atoms with Crippen LogP contribution in [-0.4, -0.2) is 18.1 Å².